The van der Waals surface area contributed by atoms with E-state index in [1.165, 1.54) is 5.92 Å². The van der Waals surface area contributed by atoms with Crippen LogP contribution in [-0.2, 0) is 31.6 Å². The molecular weight excluding hydrogens is 508 g/mol. The van der Waals surface area contributed by atoms with Crippen molar-refractivity contribution in [1.82, 2.24) is 9.55 Å². The summed E-state index contributed by atoms with van der Waals surface area (Å²) in [7, 11) is -17.9. The summed E-state index contributed by atoms with van der Waals surface area (Å²) < 4.78 is 81.3. The highest BCUT2D eigenvalue weighted by atomic mass is 31.3. The first-order valence-corrected chi connectivity index (χ1v) is 12.3. The highest BCUT2D eigenvalue weighted by Gasteiger charge is 2.58. The number of alkyl halides is 1. The van der Waals surface area contributed by atoms with E-state index in [1.54, 1.807) is 4.98 Å². The SMILES string of the molecule is [2H]C([2H])(OP(=O)(O)OP(=O)(O)OP(=O)(O)O)[C@H]1O[C@@H](n2c(C)cc(=O)[nH]c2=O)C(F)(C#C)[C@H]1O. The molecule has 6 N–H and O–H groups in total. The number of nitrogens with zero attached hydrogens (tertiary/aromatic N) is 1. The molecule has 0 spiro atoms. The number of halogens is 1. The van der Waals surface area contributed by atoms with Gasteiger partial charge in [0.25, 0.3) is 5.56 Å². The molecule has 1 saturated heterocycles. The molecule has 0 aromatic carbocycles. The van der Waals surface area contributed by atoms with Gasteiger partial charge in [-0.15, -0.1) is 6.42 Å². The summed E-state index contributed by atoms with van der Waals surface area (Å²) in [5.41, 5.74) is -5.84. The van der Waals surface area contributed by atoms with Crippen molar-refractivity contribution >= 4 is 23.5 Å². The lowest BCUT2D eigenvalue weighted by Gasteiger charge is -2.25. The highest BCUT2D eigenvalue weighted by Crippen LogP contribution is 2.66. The van der Waals surface area contributed by atoms with E-state index >= 15 is 4.39 Å². The van der Waals surface area contributed by atoms with E-state index in [9.17, 15) is 33.3 Å². The zero-order valence-electron chi connectivity index (χ0n) is 17.5. The van der Waals surface area contributed by atoms with Crippen LogP contribution in [0.2, 0.25) is 0 Å². The predicted octanol–water partition coefficient (Wildman–Crippen LogP) is -1.21. The van der Waals surface area contributed by atoms with Gasteiger partial charge in [0, 0.05) is 11.8 Å². The Kier molecular flexibility index (Phi) is 6.68. The molecule has 0 bridgehead atoms. The first kappa shape index (κ1) is 23.7. The number of aliphatic hydroxyl groups is 1. The van der Waals surface area contributed by atoms with Gasteiger partial charge in [0.15, 0.2) is 6.23 Å². The molecule has 6 atom stereocenters. The summed E-state index contributed by atoms with van der Waals surface area (Å²) in [4.78, 5) is 61.0. The van der Waals surface area contributed by atoms with Crippen LogP contribution in [0.25, 0.3) is 0 Å². The monoisotopic (exact) mass is 526 g/mol. The maximum atomic E-state index is 15.5. The zero-order chi connectivity index (χ0) is 26.5. The van der Waals surface area contributed by atoms with Crippen molar-refractivity contribution in [3.05, 3.63) is 32.6 Å². The average molecular weight is 526 g/mol. The molecule has 1 aliphatic rings. The molecule has 32 heavy (non-hydrogen) atoms. The van der Waals surface area contributed by atoms with Gasteiger partial charge in [-0.2, -0.15) is 8.62 Å². The van der Waals surface area contributed by atoms with Crippen LogP contribution in [0.1, 0.15) is 14.7 Å². The lowest BCUT2D eigenvalue weighted by Crippen LogP contribution is -2.45. The standard InChI is InChI=1S/C12H16FN2O14P3/c1-3-12(13)9(17)7(27-10(12)15-6(2)4-8(16)14-11(15)18)5-26-31(22,23)29-32(24,25)28-30(19,20)21/h1,4,7,9-10,17H,5H2,2H3,(H,22,23)(H,24,25)(H,14,16,18)(H2,19,20,21)/t7-,9+,10-,12?/m1/s1/i5D2. The Hall–Kier alpha value is -1.50. The van der Waals surface area contributed by atoms with Gasteiger partial charge in [-0.05, 0) is 6.92 Å². The number of phosphoric ester groups is 1. The second kappa shape index (κ2) is 9.03. The van der Waals surface area contributed by atoms with Crippen LogP contribution in [0.15, 0.2) is 15.7 Å². The Balaban J connectivity index is 2.41. The van der Waals surface area contributed by atoms with E-state index < -0.39 is 65.4 Å². The summed E-state index contributed by atoms with van der Waals surface area (Å²) in [5.74, 6) is 1.47. The molecule has 3 unspecified atom stereocenters. The Labute approximate surface area is 179 Å². The number of H-pyrrole nitrogens is 1. The van der Waals surface area contributed by atoms with Gasteiger partial charge < -0.3 is 29.4 Å². The maximum absolute atomic E-state index is 15.5. The number of aliphatic hydroxyl groups excluding tert-OH is 1. The summed E-state index contributed by atoms with van der Waals surface area (Å²) in [6.07, 6.45) is -2.57. The minimum Gasteiger partial charge on any atom is -0.386 e. The molecule has 1 aromatic heterocycles. The number of aromatic nitrogens is 2. The summed E-state index contributed by atoms with van der Waals surface area (Å²) in [5, 5.41) is 10.3. The second-order valence-electron chi connectivity index (χ2n) is 6.02. The topological polar surface area (TPSA) is 244 Å². The maximum Gasteiger partial charge on any atom is 0.490 e. The molecule has 1 aliphatic heterocycles. The zero-order valence-corrected chi connectivity index (χ0v) is 18.1. The minimum absolute atomic E-state index is 0.252. The number of hydrogen-bond acceptors (Lipinski definition) is 10. The lowest BCUT2D eigenvalue weighted by atomic mass is 9.97. The van der Waals surface area contributed by atoms with E-state index in [0.29, 0.717) is 4.57 Å². The Morgan fingerprint density at radius 2 is 1.91 bits per heavy atom. The number of ether oxygens (including phenoxy) is 1. The number of aryl methyl sites for hydroxylation is 1. The fourth-order valence-electron chi connectivity index (χ4n) is 2.50. The molecule has 1 fully saturated rings. The van der Waals surface area contributed by atoms with Crippen LogP contribution < -0.4 is 11.2 Å². The Morgan fingerprint density at radius 3 is 2.41 bits per heavy atom. The van der Waals surface area contributed by atoms with Gasteiger partial charge in [0.2, 0.25) is 5.67 Å². The van der Waals surface area contributed by atoms with Crippen LogP contribution in [0.4, 0.5) is 4.39 Å². The summed E-state index contributed by atoms with van der Waals surface area (Å²) in [6, 6.07) is 0.808. The van der Waals surface area contributed by atoms with Crippen molar-refractivity contribution in [2.24, 2.45) is 0 Å². The van der Waals surface area contributed by atoms with E-state index in [4.69, 9.17) is 28.6 Å². The molecule has 1 aromatic rings. The van der Waals surface area contributed by atoms with Gasteiger partial charge in [0.05, 0.1) is 9.30 Å². The molecule has 2 rings (SSSR count). The minimum atomic E-state index is -6.11. The van der Waals surface area contributed by atoms with Gasteiger partial charge in [0.1, 0.15) is 12.2 Å². The van der Waals surface area contributed by atoms with Crippen LogP contribution in [0.5, 0.6) is 0 Å². The molecule has 16 nitrogen and oxygen atoms in total. The molecular formula is C12H16FN2O14P3. The number of phosphoric acid groups is 3. The van der Waals surface area contributed by atoms with Gasteiger partial charge in [-0.1, -0.05) is 5.92 Å². The van der Waals surface area contributed by atoms with Crippen molar-refractivity contribution < 1.29 is 63.4 Å². The number of aromatic amines is 1. The average Bonchev–Trinajstić information content (AvgIpc) is 2.83. The van der Waals surface area contributed by atoms with Crippen molar-refractivity contribution in [3.8, 4) is 12.3 Å². The normalized spacial score (nSPS) is 31.1. The molecule has 0 aliphatic carbocycles. The number of nitrogens with one attached hydrogen (secondary N) is 1. The first-order chi connectivity index (χ1) is 15.1. The van der Waals surface area contributed by atoms with E-state index in [2.05, 4.69) is 13.1 Å². The van der Waals surface area contributed by atoms with Gasteiger partial charge in [-0.25, -0.2) is 22.9 Å². The molecule has 0 radical (unpaired) electrons. The Morgan fingerprint density at radius 1 is 1.31 bits per heavy atom. The first-order valence-electron chi connectivity index (χ1n) is 8.81. The summed E-state index contributed by atoms with van der Waals surface area (Å²) >= 11 is 0. The fraction of sp³-hybridized carbons (Fsp3) is 0.500. The number of hydrogen-bond donors (Lipinski definition) is 6. The third kappa shape index (κ3) is 6.09. The molecule has 0 saturated carbocycles. The van der Waals surface area contributed by atoms with E-state index in [-0.39, 0.29) is 5.69 Å². The lowest BCUT2D eigenvalue weighted by molar-refractivity contribution is -0.0544. The predicted molar refractivity (Wildman–Crippen MR) is 98.5 cm³/mol. The van der Waals surface area contributed by atoms with E-state index in [1.807, 2.05) is 0 Å². The molecule has 180 valence electrons. The van der Waals surface area contributed by atoms with Crippen molar-refractivity contribution in [2.75, 3.05) is 6.56 Å². The smallest absolute Gasteiger partial charge is 0.386 e. The van der Waals surface area contributed by atoms with Crippen LogP contribution in [-0.4, -0.2) is 58.7 Å². The fourth-order valence-corrected chi connectivity index (χ4v) is 5.38. The van der Waals surface area contributed by atoms with Crippen molar-refractivity contribution in [1.29, 1.82) is 0 Å². The van der Waals surface area contributed by atoms with E-state index in [0.717, 1.165) is 13.0 Å². The number of terminal acetylenes is 1. The van der Waals surface area contributed by atoms with Crippen LogP contribution in [0, 0.1) is 19.3 Å². The Bertz CT molecular complexity index is 1270. The van der Waals surface area contributed by atoms with Crippen LogP contribution >= 0.6 is 23.5 Å². The van der Waals surface area contributed by atoms with Gasteiger partial charge >= 0.3 is 29.2 Å². The van der Waals surface area contributed by atoms with Crippen molar-refractivity contribution in [3.63, 3.8) is 0 Å². The highest BCUT2D eigenvalue weighted by molar-refractivity contribution is 7.66. The molecule has 2 heterocycles. The largest absolute Gasteiger partial charge is 0.490 e. The van der Waals surface area contributed by atoms with Gasteiger partial charge in [-0.3, -0.25) is 18.9 Å². The van der Waals surface area contributed by atoms with Crippen molar-refractivity contribution in [2.45, 2.75) is 31.0 Å². The third-order valence-corrected chi connectivity index (χ3v) is 7.34. The third-order valence-electron chi connectivity index (χ3n) is 3.68. The molecule has 20 heteroatoms. The molecule has 0 amide bonds. The van der Waals surface area contributed by atoms with Crippen LogP contribution in [0.3, 0.4) is 0 Å². The number of rotatable bonds is 8. The summed E-state index contributed by atoms with van der Waals surface area (Å²) in [6.45, 7) is -2.65. The second-order valence-corrected chi connectivity index (χ2v) is 10.4. The quantitative estimate of drug-likeness (QED) is 0.172.